The quantitative estimate of drug-likeness (QED) is 0.837. The van der Waals surface area contributed by atoms with Crippen molar-refractivity contribution in [3.8, 4) is 11.5 Å². The Bertz CT molecular complexity index is 749. The fourth-order valence-corrected chi connectivity index (χ4v) is 2.40. The third kappa shape index (κ3) is 4.60. The molecule has 0 spiro atoms. The molecule has 1 aromatic carbocycles. The van der Waals surface area contributed by atoms with E-state index >= 15 is 0 Å². The second kappa shape index (κ2) is 7.85. The van der Waals surface area contributed by atoms with Gasteiger partial charge in [-0.25, -0.2) is 0 Å². The molecule has 0 radical (unpaired) electrons. The minimum absolute atomic E-state index is 0.270. The molecule has 0 unspecified atom stereocenters. The standard InChI is InChI=1S/C18H22N4O3/c1-22(2)8-7-19-13-5-6-20-15(11-13)18(23)21-14-3-4-16-17(12-14)25-10-9-24-16/h3-6,11-12H,7-10H2,1-2H3,(H,19,20)(H,21,23). The number of likely N-dealkylation sites (N-methyl/N-ethyl adjacent to an activating group) is 1. The summed E-state index contributed by atoms with van der Waals surface area (Å²) in [6.45, 7) is 2.74. The van der Waals surface area contributed by atoms with Crippen LogP contribution in [0.1, 0.15) is 10.5 Å². The van der Waals surface area contributed by atoms with Crippen LogP contribution >= 0.6 is 0 Å². The molecular formula is C18H22N4O3. The molecule has 2 N–H and O–H groups in total. The minimum atomic E-state index is -0.270. The molecule has 1 aliphatic rings. The lowest BCUT2D eigenvalue weighted by atomic mass is 10.2. The summed E-state index contributed by atoms with van der Waals surface area (Å²) in [7, 11) is 4.03. The van der Waals surface area contributed by atoms with Crippen LogP contribution in [-0.4, -0.2) is 56.2 Å². The first-order valence-corrected chi connectivity index (χ1v) is 8.17. The number of fused-ring (bicyclic) bond motifs is 1. The Morgan fingerprint density at radius 3 is 2.72 bits per heavy atom. The third-order valence-electron chi connectivity index (χ3n) is 3.68. The number of rotatable bonds is 6. The summed E-state index contributed by atoms with van der Waals surface area (Å²) in [6.07, 6.45) is 1.62. The second-order valence-electron chi connectivity index (χ2n) is 5.97. The number of amides is 1. The summed E-state index contributed by atoms with van der Waals surface area (Å²) < 4.78 is 11.0. The summed E-state index contributed by atoms with van der Waals surface area (Å²) in [5.74, 6) is 1.05. The Morgan fingerprint density at radius 1 is 1.12 bits per heavy atom. The van der Waals surface area contributed by atoms with Crippen LogP contribution in [0.5, 0.6) is 11.5 Å². The van der Waals surface area contributed by atoms with Crippen molar-refractivity contribution in [2.75, 3.05) is 51.0 Å². The number of nitrogens with one attached hydrogen (secondary N) is 2. The fourth-order valence-electron chi connectivity index (χ4n) is 2.40. The zero-order valence-corrected chi connectivity index (χ0v) is 14.4. The number of pyridine rings is 1. The zero-order valence-electron chi connectivity index (χ0n) is 14.4. The van der Waals surface area contributed by atoms with Crippen LogP contribution in [0.4, 0.5) is 11.4 Å². The van der Waals surface area contributed by atoms with Crippen LogP contribution in [0.3, 0.4) is 0 Å². The van der Waals surface area contributed by atoms with Crippen LogP contribution < -0.4 is 20.1 Å². The number of hydrogen-bond acceptors (Lipinski definition) is 6. The van der Waals surface area contributed by atoms with E-state index in [1.165, 1.54) is 0 Å². The van der Waals surface area contributed by atoms with E-state index in [0.717, 1.165) is 18.8 Å². The highest BCUT2D eigenvalue weighted by Gasteiger charge is 2.14. The molecule has 1 aliphatic heterocycles. The topological polar surface area (TPSA) is 75.7 Å². The summed E-state index contributed by atoms with van der Waals surface area (Å²) >= 11 is 0. The Kier molecular flexibility index (Phi) is 5.35. The summed E-state index contributed by atoms with van der Waals surface area (Å²) in [4.78, 5) is 18.7. The molecule has 3 rings (SSSR count). The van der Waals surface area contributed by atoms with Gasteiger partial charge in [0.15, 0.2) is 11.5 Å². The van der Waals surface area contributed by atoms with Gasteiger partial charge in [-0.05, 0) is 38.4 Å². The highest BCUT2D eigenvalue weighted by Crippen LogP contribution is 2.32. The van der Waals surface area contributed by atoms with Gasteiger partial charge in [0.05, 0.1) is 0 Å². The molecular weight excluding hydrogens is 320 g/mol. The van der Waals surface area contributed by atoms with Crippen molar-refractivity contribution < 1.29 is 14.3 Å². The normalized spacial score (nSPS) is 12.8. The number of ether oxygens (including phenoxy) is 2. The molecule has 7 nitrogen and oxygen atoms in total. The van der Waals surface area contributed by atoms with Gasteiger partial charge in [0.2, 0.25) is 0 Å². The Hall–Kier alpha value is -2.80. The molecule has 0 fully saturated rings. The van der Waals surface area contributed by atoms with E-state index in [9.17, 15) is 4.79 Å². The molecule has 0 bridgehead atoms. The van der Waals surface area contributed by atoms with E-state index in [-0.39, 0.29) is 5.91 Å². The molecule has 0 saturated carbocycles. The van der Waals surface area contributed by atoms with Crippen molar-refractivity contribution in [1.82, 2.24) is 9.88 Å². The number of hydrogen-bond donors (Lipinski definition) is 2. The molecule has 0 saturated heterocycles. The van der Waals surface area contributed by atoms with Crippen molar-refractivity contribution in [1.29, 1.82) is 0 Å². The SMILES string of the molecule is CN(C)CCNc1ccnc(C(=O)Nc2ccc3c(c2)OCCO3)c1. The molecule has 1 amide bonds. The Balaban J connectivity index is 1.65. The lowest BCUT2D eigenvalue weighted by Gasteiger charge is -2.19. The monoisotopic (exact) mass is 342 g/mol. The van der Waals surface area contributed by atoms with Gasteiger partial charge in [0.1, 0.15) is 18.9 Å². The van der Waals surface area contributed by atoms with E-state index in [1.54, 1.807) is 30.5 Å². The molecule has 1 aromatic heterocycles. The summed E-state index contributed by atoms with van der Waals surface area (Å²) in [6, 6.07) is 8.91. The number of benzene rings is 1. The van der Waals surface area contributed by atoms with Crippen LogP contribution in [0.15, 0.2) is 36.5 Å². The van der Waals surface area contributed by atoms with Crippen LogP contribution in [0.25, 0.3) is 0 Å². The molecule has 7 heteroatoms. The van der Waals surface area contributed by atoms with Crippen molar-refractivity contribution in [2.24, 2.45) is 0 Å². The highest BCUT2D eigenvalue weighted by molar-refractivity contribution is 6.03. The molecule has 132 valence electrons. The summed E-state index contributed by atoms with van der Waals surface area (Å²) in [5, 5.41) is 6.11. The van der Waals surface area contributed by atoms with Crippen molar-refractivity contribution in [2.45, 2.75) is 0 Å². The number of anilines is 2. The van der Waals surface area contributed by atoms with E-state index < -0.39 is 0 Å². The van der Waals surface area contributed by atoms with Gasteiger partial charge in [-0.3, -0.25) is 9.78 Å². The van der Waals surface area contributed by atoms with Gasteiger partial charge in [-0.15, -0.1) is 0 Å². The van der Waals surface area contributed by atoms with E-state index in [0.29, 0.717) is 36.1 Å². The number of aromatic nitrogens is 1. The highest BCUT2D eigenvalue weighted by atomic mass is 16.6. The molecule has 25 heavy (non-hydrogen) atoms. The van der Waals surface area contributed by atoms with E-state index in [2.05, 4.69) is 20.5 Å². The average molecular weight is 342 g/mol. The Morgan fingerprint density at radius 2 is 1.92 bits per heavy atom. The van der Waals surface area contributed by atoms with E-state index in [1.807, 2.05) is 20.2 Å². The molecule has 0 atom stereocenters. The first-order valence-electron chi connectivity index (χ1n) is 8.17. The maximum Gasteiger partial charge on any atom is 0.274 e. The van der Waals surface area contributed by atoms with E-state index in [4.69, 9.17) is 9.47 Å². The minimum Gasteiger partial charge on any atom is -0.486 e. The van der Waals surface area contributed by atoms with Crippen molar-refractivity contribution in [3.63, 3.8) is 0 Å². The lowest BCUT2D eigenvalue weighted by molar-refractivity contribution is 0.102. The predicted octanol–water partition coefficient (Wildman–Crippen LogP) is 2.08. The van der Waals surface area contributed by atoms with Gasteiger partial charge in [0.25, 0.3) is 5.91 Å². The van der Waals surface area contributed by atoms with Crippen molar-refractivity contribution >= 4 is 17.3 Å². The van der Waals surface area contributed by atoms with Crippen LogP contribution in [0, 0.1) is 0 Å². The molecule has 2 heterocycles. The predicted molar refractivity (Wildman–Crippen MR) is 96.7 cm³/mol. The Labute approximate surface area is 147 Å². The van der Waals surface area contributed by atoms with Gasteiger partial charge in [-0.2, -0.15) is 0 Å². The zero-order chi connectivity index (χ0) is 17.6. The lowest BCUT2D eigenvalue weighted by Crippen LogP contribution is -2.21. The van der Waals surface area contributed by atoms with Crippen LogP contribution in [-0.2, 0) is 0 Å². The first kappa shape index (κ1) is 17.0. The maximum atomic E-state index is 12.4. The summed E-state index contributed by atoms with van der Waals surface area (Å²) in [5.41, 5.74) is 1.86. The average Bonchev–Trinajstić information content (AvgIpc) is 2.61. The smallest absolute Gasteiger partial charge is 0.274 e. The second-order valence-corrected chi connectivity index (χ2v) is 5.97. The fraction of sp³-hybridized carbons (Fsp3) is 0.333. The van der Waals surface area contributed by atoms with Gasteiger partial charge >= 0.3 is 0 Å². The maximum absolute atomic E-state index is 12.4. The van der Waals surface area contributed by atoms with Gasteiger partial charge in [0, 0.05) is 36.7 Å². The molecule has 2 aromatic rings. The largest absolute Gasteiger partial charge is 0.486 e. The van der Waals surface area contributed by atoms with Gasteiger partial charge in [-0.1, -0.05) is 0 Å². The number of carbonyl (C=O) groups is 1. The first-order chi connectivity index (χ1) is 12.1. The van der Waals surface area contributed by atoms with Crippen LogP contribution in [0.2, 0.25) is 0 Å². The number of nitrogens with zero attached hydrogens (tertiary/aromatic N) is 2. The molecule has 0 aliphatic carbocycles. The van der Waals surface area contributed by atoms with Crippen molar-refractivity contribution in [3.05, 3.63) is 42.2 Å². The third-order valence-corrected chi connectivity index (χ3v) is 3.68. The number of carbonyl (C=O) groups excluding carboxylic acids is 1. The van der Waals surface area contributed by atoms with Gasteiger partial charge < -0.3 is 25.0 Å².